The van der Waals surface area contributed by atoms with Gasteiger partial charge in [-0.1, -0.05) is 39.9 Å². The molecule has 1 atom stereocenters. The second-order valence-electron chi connectivity index (χ2n) is 7.76. The van der Waals surface area contributed by atoms with Gasteiger partial charge in [-0.05, 0) is 22.7 Å². The highest BCUT2D eigenvalue weighted by molar-refractivity contribution is 6.87. The summed E-state index contributed by atoms with van der Waals surface area (Å²) < 4.78 is 26.1. The molecule has 0 heterocycles. The van der Waals surface area contributed by atoms with Gasteiger partial charge in [0.1, 0.15) is 14.1 Å². The normalized spacial score (nSPS) is 12.7. The van der Waals surface area contributed by atoms with Crippen LogP contribution in [0.25, 0.3) is 0 Å². The number of carboxylic acids is 1. The highest BCUT2D eigenvalue weighted by Gasteiger charge is 2.33. The smallest absolute Gasteiger partial charge is 0.327 e. The second kappa shape index (κ2) is 8.45. The van der Waals surface area contributed by atoms with Crippen LogP contribution < -0.4 is 5.32 Å². The van der Waals surface area contributed by atoms with Crippen molar-refractivity contribution in [3.05, 3.63) is 35.4 Å². The molecule has 0 unspecified atom stereocenters. The van der Waals surface area contributed by atoms with Crippen LogP contribution >= 0.6 is 0 Å². The molecule has 0 fully saturated rings. The number of nitrogens with one attached hydrogen (secondary N) is 1. The van der Waals surface area contributed by atoms with E-state index in [0.717, 1.165) is 12.1 Å². The Morgan fingerprint density at radius 2 is 1.85 bits per heavy atom. The topological polar surface area (TPSA) is 66.4 Å². The van der Waals surface area contributed by atoms with Crippen molar-refractivity contribution in [2.24, 2.45) is 0 Å². The number of carbonyl (C=O) groups is 2. The molecule has 1 amide bonds. The molecule has 4 nitrogen and oxygen atoms in total. The van der Waals surface area contributed by atoms with E-state index in [1.165, 1.54) is 6.07 Å². The molecular formula is C19H25F2NO3Si. The fourth-order valence-corrected chi connectivity index (χ4v) is 2.76. The van der Waals surface area contributed by atoms with E-state index in [0.29, 0.717) is 0 Å². The SMILES string of the molecule is CC(C)(C)[Si](C)(C)C#CC[C@@H](NC(=O)Cc1ccc(F)c(F)c1)C(=O)O. The summed E-state index contributed by atoms with van der Waals surface area (Å²) in [6, 6.07) is 1.98. The first-order valence-electron chi connectivity index (χ1n) is 8.29. The van der Waals surface area contributed by atoms with Crippen molar-refractivity contribution < 1.29 is 23.5 Å². The third kappa shape index (κ3) is 6.26. The molecule has 0 spiro atoms. The van der Waals surface area contributed by atoms with Crippen molar-refractivity contribution >= 4 is 20.0 Å². The zero-order chi connectivity index (χ0) is 20.1. The molecule has 0 radical (unpaired) electrons. The van der Waals surface area contributed by atoms with Crippen LogP contribution in [0, 0.1) is 23.1 Å². The Hall–Kier alpha value is -2.20. The average molecular weight is 381 g/mol. The van der Waals surface area contributed by atoms with Crippen LogP contribution in [-0.4, -0.2) is 31.1 Å². The Bertz CT molecular complexity index is 745. The summed E-state index contributed by atoms with van der Waals surface area (Å²) >= 11 is 0. The number of amides is 1. The minimum atomic E-state index is -1.86. The zero-order valence-electron chi connectivity index (χ0n) is 15.7. The highest BCUT2D eigenvalue weighted by atomic mass is 28.3. The highest BCUT2D eigenvalue weighted by Crippen LogP contribution is 2.35. The Labute approximate surface area is 154 Å². The Morgan fingerprint density at radius 1 is 1.23 bits per heavy atom. The molecule has 0 aliphatic rings. The molecular weight excluding hydrogens is 356 g/mol. The van der Waals surface area contributed by atoms with Crippen LogP contribution in [0.5, 0.6) is 0 Å². The van der Waals surface area contributed by atoms with Crippen LogP contribution in [0.4, 0.5) is 8.78 Å². The lowest BCUT2D eigenvalue weighted by Gasteiger charge is -2.31. The van der Waals surface area contributed by atoms with Gasteiger partial charge in [-0.25, -0.2) is 13.6 Å². The maximum atomic E-state index is 13.2. The summed E-state index contributed by atoms with van der Waals surface area (Å²) in [5.41, 5.74) is 3.47. The number of benzene rings is 1. The van der Waals surface area contributed by atoms with Gasteiger partial charge in [0.2, 0.25) is 5.91 Å². The van der Waals surface area contributed by atoms with E-state index < -0.39 is 37.6 Å². The molecule has 0 saturated heterocycles. The first-order valence-corrected chi connectivity index (χ1v) is 11.3. The third-order valence-corrected chi connectivity index (χ3v) is 9.12. The minimum Gasteiger partial charge on any atom is -0.480 e. The van der Waals surface area contributed by atoms with Gasteiger partial charge < -0.3 is 10.4 Å². The maximum Gasteiger partial charge on any atom is 0.327 e. The van der Waals surface area contributed by atoms with Crippen molar-refractivity contribution in [2.45, 2.75) is 57.8 Å². The van der Waals surface area contributed by atoms with Crippen molar-refractivity contribution in [1.82, 2.24) is 5.32 Å². The molecule has 142 valence electrons. The summed E-state index contributed by atoms with van der Waals surface area (Å²) in [6.45, 7) is 10.5. The van der Waals surface area contributed by atoms with E-state index in [2.05, 4.69) is 50.6 Å². The maximum absolute atomic E-state index is 13.2. The number of halogens is 2. The van der Waals surface area contributed by atoms with E-state index in [9.17, 15) is 23.5 Å². The second-order valence-corrected chi connectivity index (χ2v) is 12.8. The monoisotopic (exact) mass is 381 g/mol. The molecule has 0 aliphatic carbocycles. The fourth-order valence-electron chi connectivity index (χ4n) is 1.84. The van der Waals surface area contributed by atoms with E-state index >= 15 is 0 Å². The summed E-state index contributed by atoms with van der Waals surface area (Å²) in [5, 5.41) is 11.7. The first-order chi connectivity index (χ1) is 11.8. The molecule has 7 heteroatoms. The van der Waals surface area contributed by atoms with Crippen LogP contribution in [0.15, 0.2) is 18.2 Å². The van der Waals surface area contributed by atoms with E-state index in [1.54, 1.807) is 0 Å². The van der Waals surface area contributed by atoms with Gasteiger partial charge in [-0.15, -0.1) is 11.5 Å². The van der Waals surface area contributed by atoms with Crippen molar-refractivity contribution in [1.29, 1.82) is 0 Å². The van der Waals surface area contributed by atoms with Gasteiger partial charge in [0.05, 0.1) is 6.42 Å². The molecule has 0 aromatic heterocycles. The van der Waals surface area contributed by atoms with Crippen molar-refractivity contribution in [2.75, 3.05) is 0 Å². The number of rotatable bonds is 5. The Balaban J connectivity index is 2.75. The number of carboxylic acid groups (broad SMARTS) is 1. The lowest BCUT2D eigenvalue weighted by molar-refractivity contribution is -0.141. The van der Waals surface area contributed by atoms with Crippen LogP contribution in [0.3, 0.4) is 0 Å². The average Bonchev–Trinajstić information content (AvgIpc) is 2.48. The van der Waals surface area contributed by atoms with Gasteiger partial charge in [0.25, 0.3) is 0 Å². The standard InChI is InChI=1S/C19H25F2NO3Si/c1-19(2,3)26(4,5)10-6-7-16(18(24)25)22-17(23)12-13-8-9-14(20)15(21)11-13/h8-9,11,16H,7,12H2,1-5H3,(H,22,23)(H,24,25)/t16-/m1/s1. The van der Waals surface area contributed by atoms with Crippen LogP contribution in [0.1, 0.15) is 32.8 Å². The van der Waals surface area contributed by atoms with Crippen LogP contribution in [0.2, 0.25) is 18.1 Å². The summed E-state index contributed by atoms with van der Waals surface area (Å²) in [5.74, 6) is -0.919. The van der Waals surface area contributed by atoms with Gasteiger partial charge in [0, 0.05) is 6.42 Å². The van der Waals surface area contributed by atoms with Gasteiger partial charge in [-0.3, -0.25) is 4.79 Å². The fraction of sp³-hybridized carbons (Fsp3) is 0.474. The largest absolute Gasteiger partial charge is 0.480 e. The molecule has 0 bridgehead atoms. The molecule has 1 aromatic carbocycles. The number of aliphatic carboxylic acids is 1. The van der Waals surface area contributed by atoms with Crippen molar-refractivity contribution in [3.63, 3.8) is 0 Å². The summed E-state index contributed by atoms with van der Waals surface area (Å²) in [7, 11) is -1.86. The first kappa shape index (κ1) is 21.8. The number of hydrogen-bond donors (Lipinski definition) is 2. The van der Waals surface area contributed by atoms with Crippen molar-refractivity contribution in [3.8, 4) is 11.5 Å². The molecule has 1 aromatic rings. The minimum absolute atomic E-state index is 0.00857. The molecule has 26 heavy (non-hydrogen) atoms. The third-order valence-electron chi connectivity index (χ3n) is 4.56. The van der Waals surface area contributed by atoms with Gasteiger partial charge in [0.15, 0.2) is 11.6 Å². The zero-order valence-corrected chi connectivity index (χ0v) is 16.7. The Kier molecular flexibility index (Phi) is 7.10. The lowest BCUT2D eigenvalue weighted by atomic mass is 10.1. The molecule has 0 aliphatic heterocycles. The summed E-state index contributed by atoms with van der Waals surface area (Å²) in [6.07, 6.45) is -0.248. The quantitative estimate of drug-likeness (QED) is 0.606. The molecule has 2 N–H and O–H groups in total. The van der Waals surface area contributed by atoms with Gasteiger partial charge >= 0.3 is 5.97 Å². The predicted molar refractivity (Wildman–Crippen MR) is 99.2 cm³/mol. The molecule has 0 saturated carbocycles. The van der Waals surface area contributed by atoms with Gasteiger partial charge in [-0.2, -0.15) is 0 Å². The van der Waals surface area contributed by atoms with Crippen LogP contribution in [-0.2, 0) is 16.0 Å². The van der Waals surface area contributed by atoms with E-state index in [-0.39, 0.29) is 23.4 Å². The van der Waals surface area contributed by atoms with E-state index in [1.807, 2.05) is 0 Å². The molecule has 1 rings (SSSR count). The predicted octanol–water partition coefficient (Wildman–Crippen LogP) is 3.52. The number of hydrogen-bond acceptors (Lipinski definition) is 2. The Morgan fingerprint density at radius 3 is 2.35 bits per heavy atom. The van der Waals surface area contributed by atoms with E-state index in [4.69, 9.17) is 0 Å². The lowest BCUT2D eigenvalue weighted by Crippen LogP contribution is -2.41. The summed E-state index contributed by atoms with van der Waals surface area (Å²) in [4.78, 5) is 23.4. The number of carbonyl (C=O) groups excluding carboxylic acids is 1.